The van der Waals surface area contributed by atoms with Gasteiger partial charge in [0.15, 0.2) is 0 Å². The molecule has 1 aromatic heterocycles. The Hall–Kier alpha value is -1.01. The van der Waals surface area contributed by atoms with Crippen LogP contribution >= 0.6 is 0 Å². The molecule has 1 rings (SSSR count). The molecule has 1 N–H and O–H groups in total. The van der Waals surface area contributed by atoms with Gasteiger partial charge in [-0.2, -0.15) is 0 Å². The van der Waals surface area contributed by atoms with Gasteiger partial charge in [-0.05, 0) is 6.07 Å². The number of hydrogen-bond donors (Lipinski definition) is 1. The lowest BCUT2D eigenvalue weighted by Crippen LogP contribution is -2.22. The van der Waals surface area contributed by atoms with Crippen molar-refractivity contribution in [1.29, 1.82) is 0 Å². The monoisotopic (exact) mass is 215 g/mol. The molecule has 0 fully saturated rings. The largest absolute Gasteiger partial charge is 0.395 e. The lowest BCUT2D eigenvalue weighted by molar-refractivity contribution is 0.303. The third-order valence-electron chi connectivity index (χ3n) is 1.70. The van der Waals surface area contributed by atoms with E-state index in [1.54, 1.807) is 24.2 Å². The van der Waals surface area contributed by atoms with Gasteiger partial charge in [0.05, 0.1) is 17.4 Å². The van der Waals surface area contributed by atoms with Gasteiger partial charge in [-0.25, -0.2) is 9.97 Å². The lowest BCUT2D eigenvalue weighted by Gasteiger charge is -2.16. The summed E-state index contributed by atoms with van der Waals surface area (Å²) in [6.07, 6.45) is 3.10. The summed E-state index contributed by atoms with van der Waals surface area (Å²) in [5.41, 5.74) is 0. The summed E-state index contributed by atoms with van der Waals surface area (Å²) in [6.45, 7) is 0.553. The van der Waals surface area contributed by atoms with E-state index in [1.165, 1.54) is 6.26 Å². The van der Waals surface area contributed by atoms with Gasteiger partial charge in [-0.3, -0.25) is 4.21 Å². The van der Waals surface area contributed by atoms with Gasteiger partial charge in [0.2, 0.25) is 5.16 Å². The van der Waals surface area contributed by atoms with Crippen LogP contribution in [0.25, 0.3) is 0 Å². The van der Waals surface area contributed by atoms with Crippen LogP contribution in [0.15, 0.2) is 17.4 Å². The Morgan fingerprint density at radius 2 is 2.36 bits per heavy atom. The molecule has 0 aliphatic carbocycles. The molecular formula is C8H13N3O2S. The van der Waals surface area contributed by atoms with Crippen molar-refractivity contribution in [2.24, 2.45) is 0 Å². The second-order valence-electron chi connectivity index (χ2n) is 2.80. The highest BCUT2D eigenvalue weighted by atomic mass is 32.2. The fourth-order valence-corrected chi connectivity index (χ4v) is 1.38. The first-order valence-electron chi connectivity index (χ1n) is 4.13. The van der Waals surface area contributed by atoms with E-state index < -0.39 is 10.8 Å². The summed E-state index contributed by atoms with van der Waals surface area (Å²) in [6, 6.07) is 1.71. The molecular weight excluding hydrogens is 202 g/mol. The van der Waals surface area contributed by atoms with E-state index in [1.807, 2.05) is 0 Å². The molecule has 0 aliphatic rings. The molecule has 0 aromatic carbocycles. The summed E-state index contributed by atoms with van der Waals surface area (Å²) in [4.78, 5) is 9.75. The first-order valence-corrected chi connectivity index (χ1v) is 5.69. The molecule has 0 spiro atoms. The van der Waals surface area contributed by atoms with Crippen LogP contribution in [-0.2, 0) is 10.8 Å². The predicted molar refractivity (Wildman–Crippen MR) is 54.7 cm³/mol. The van der Waals surface area contributed by atoms with Crippen LogP contribution in [0.4, 0.5) is 5.82 Å². The highest BCUT2D eigenvalue weighted by Crippen LogP contribution is 2.08. The van der Waals surface area contributed by atoms with E-state index in [4.69, 9.17) is 5.11 Å². The average Bonchev–Trinajstić information content (AvgIpc) is 2.18. The standard InChI is InChI=1S/C8H13N3O2S/c1-11(5-6-12)7-3-4-9-8(10-7)14(2)13/h3-4,12H,5-6H2,1-2H3. The van der Waals surface area contributed by atoms with E-state index >= 15 is 0 Å². The van der Waals surface area contributed by atoms with Gasteiger partial charge in [0.1, 0.15) is 5.82 Å². The first-order chi connectivity index (χ1) is 6.65. The topological polar surface area (TPSA) is 66.3 Å². The number of likely N-dealkylation sites (N-methyl/N-ethyl adjacent to an activating group) is 1. The number of aromatic nitrogens is 2. The minimum Gasteiger partial charge on any atom is -0.395 e. The average molecular weight is 215 g/mol. The lowest BCUT2D eigenvalue weighted by atomic mass is 10.5. The van der Waals surface area contributed by atoms with Crippen molar-refractivity contribution in [1.82, 2.24) is 9.97 Å². The van der Waals surface area contributed by atoms with E-state index in [2.05, 4.69) is 9.97 Å². The summed E-state index contributed by atoms with van der Waals surface area (Å²) in [5.74, 6) is 0.666. The maximum absolute atomic E-state index is 11.1. The van der Waals surface area contributed by atoms with Crippen molar-refractivity contribution in [2.45, 2.75) is 5.16 Å². The Bertz CT molecular complexity index is 332. The van der Waals surface area contributed by atoms with Crippen molar-refractivity contribution in [3.8, 4) is 0 Å². The highest BCUT2D eigenvalue weighted by molar-refractivity contribution is 7.84. The minimum atomic E-state index is -1.17. The number of anilines is 1. The molecule has 1 unspecified atom stereocenters. The Balaban J connectivity index is 2.87. The van der Waals surface area contributed by atoms with Crippen LogP contribution in [0.1, 0.15) is 0 Å². The summed E-state index contributed by atoms with van der Waals surface area (Å²) < 4.78 is 11.1. The highest BCUT2D eigenvalue weighted by Gasteiger charge is 2.05. The van der Waals surface area contributed by atoms with Crippen LogP contribution in [0.5, 0.6) is 0 Å². The van der Waals surface area contributed by atoms with E-state index in [0.29, 0.717) is 17.5 Å². The Labute approximate surface area is 85.3 Å². The van der Waals surface area contributed by atoms with Crippen molar-refractivity contribution < 1.29 is 9.32 Å². The fourth-order valence-electron chi connectivity index (χ4n) is 0.947. The maximum atomic E-state index is 11.1. The molecule has 1 heterocycles. The third kappa shape index (κ3) is 2.74. The molecule has 5 nitrogen and oxygen atoms in total. The summed E-state index contributed by atoms with van der Waals surface area (Å²) >= 11 is 0. The predicted octanol–water partition coefficient (Wildman–Crippen LogP) is -0.358. The van der Waals surface area contributed by atoms with Crippen LogP contribution in [-0.4, -0.2) is 45.7 Å². The molecule has 0 bridgehead atoms. The summed E-state index contributed by atoms with van der Waals surface area (Å²) in [5, 5.41) is 9.04. The normalized spacial score (nSPS) is 12.5. The van der Waals surface area contributed by atoms with Gasteiger partial charge in [-0.15, -0.1) is 0 Å². The number of rotatable bonds is 4. The second-order valence-corrected chi connectivity index (χ2v) is 4.07. The third-order valence-corrected chi connectivity index (χ3v) is 2.41. The van der Waals surface area contributed by atoms with Crippen LogP contribution < -0.4 is 4.90 Å². The molecule has 1 aromatic rings. The number of aliphatic hydroxyl groups excluding tert-OH is 1. The number of aliphatic hydroxyl groups is 1. The van der Waals surface area contributed by atoms with E-state index in [-0.39, 0.29) is 6.61 Å². The van der Waals surface area contributed by atoms with Gasteiger partial charge in [0, 0.05) is 26.0 Å². The molecule has 0 saturated heterocycles. The van der Waals surface area contributed by atoms with Crippen molar-refractivity contribution in [3.05, 3.63) is 12.3 Å². The van der Waals surface area contributed by atoms with Crippen LogP contribution in [0.2, 0.25) is 0 Å². The van der Waals surface area contributed by atoms with Gasteiger partial charge >= 0.3 is 0 Å². The Morgan fingerprint density at radius 3 is 2.93 bits per heavy atom. The molecule has 0 radical (unpaired) electrons. The van der Waals surface area contributed by atoms with E-state index in [0.717, 1.165) is 0 Å². The zero-order valence-corrected chi connectivity index (χ0v) is 8.99. The van der Waals surface area contributed by atoms with Crippen LogP contribution in [0, 0.1) is 0 Å². The van der Waals surface area contributed by atoms with Gasteiger partial charge in [0.25, 0.3) is 0 Å². The van der Waals surface area contributed by atoms with Crippen molar-refractivity contribution >= 4 is 16.6 Å². The maximum Gasteiger partial charge on any atom is 0.220 e. The van der Waals surface area contributed by atoms with Crippen LogP contribution in [0.3, 0.4) is 0 Å². The molecule has 1 atom stereocenters. The SMILES string of the molecule is CN(CCO)c1ccnc(S(C)=O)n1. The van der Waals surface area contributed by atoms with Gasteiger partial charge in [-0.1, -0.05) is 0 Å². The molecule has 0 amide bonds. The molecule has 78 valence electrons. The fraction of sp³-hybridized carbons (Fsp3) is 0.500. The molecule has 14 heavy (non-hydrogen) atoms. The Kier molecular flexibility index (Phi) is 3.97. The zero-order valence-electron chi connectivity index (χ0n) is 8.17. The molecule has 0 saturated carbocycles. The second kappa shape index (κ2) is 5.02. The number of nitrogens with zero attached hydrogens (tertiary/aromatic N) is 3. The zero-order chi connectivity index (χ0) is 10.6. The quantitative estimate of drug-likeness (QED) is 0.695. The van der Waals surface area contributed by atoms with Gasteiger partial charge < -0.3 is 10.0 Å². The molecule has 6 heteroatoms. The smallest absolute Gasteiger partial charge is 0.220 e. The van der Waals surface area contributed by atoms with Crippen molar-refractivity contribution in [2.75, 3.05) is 31.4 Å². The minimum absolute atomic E-state index is 0.0606. The van der Waals surface area contributed by atoms with E-state index in [9.17, 15) is 4.21 Å². The first kappa shape index (κ1) is 11.1. The Morgan fingerprint density at radius 1 is 1.64 bits per heavy atom. The molecule has 0 aliphatic heterocycles. The summed E-state index contributed by atoms with van der Waals surface area (Å²) in [7, 11) is 0.635. The number of hydrogen-bond acceptors (Lipinski definition) is 5. The van der Waals surface area contributed by atoms with Crippen molar-refractivity contribution in [3.63, 3.8) is 0 Å².